The lowest BCUT2D eigenvalue weighted by Crippen LogP contribution is -2.45. The van der Waals surface area contributed by atoms with Gasteiger partial charge in [0, 0.05) is 30.9 Å². The number of nitrogens with two attached hydrogens (primary N) is 1. The molecule has 0 aromatic carbocycles. The molecule has 1 heterocycles. The minimum atomic E-state index is -0.0106. The number of imidazole rings is 1. The Bertz CT molecular complexity index is 348. The molecule has 1 aromatic heterocycles. The summed E-state index contributed by atoms with van der Waals surface area (Å²) in [5.41, 5.74) is 6.51. The molecular formula is C14H25N3. The van der Waals surface area contributed by atoms with Crippen LogP contribution in [0.5, 0.6) is 0 Å². The van der Waals surface area contributed by atoms with E-state index < -0.39 is 0 Å². The first-order valence-corrected chi connectivity index (χ1v) is 6.92. The Morgan fingerprint density at radius 3 is 2.82 bits per heavy atom. The minimum Gasteiger partial charge on any atom is -0.335 e. The van der Waals surface area contributed by atoms with Crippen LogP contribution in [0.3, 0.4) is 0 Å². The minimum absolute atomic E-state index is 0.0106. The molecule has 2 N–H and O–H groups in total. The third-order valence-electron chi connectivity index (χ3n) is 4.05. The molecule has 17 heavy (non-hydrogen) atoms. The van der Waals surface area contributed by atoms with Gasteiger partial charge in [0.25, 0.3) is 0 Å². The van der Waals surface area contributed by atoms with Crippen LogP contribution in [0.25, 0.3) is 0 Å². The molecule has 0 atom stereocenters. The van der Waals surface area contributed by atoms with Gasteiger partial charge in [-0.05, 0) is 38.0 Å². The highest BCUT2D eigenvalue weighted by Gasteiger charge is 2.31. The smallest absolute Gasteiger partial charge is 0.110 e. The van der Waals surface area contributed by atoms with Crippen molar-refractivity contribution in [1.82, 2.24) is 9.55 Å². The van der Waals surface area contributed by atoms with E-state index in [9.17, 15) is 0 Å². The van der Waals surface area contributed by atoms with Gasteiger partial charge in [-0.1, -0.05) is 13.8 Å². The largest absolute Gasteiger partial charge is 0.335 e. The number of aryl methyl sites for hydroxylation is 1. The van der Waals surface area contributed by atoms with Crippen molar-refractivity contribution < 1.29 is 0 Å². The van der Waals surface area contributed by atoms with Crippen LogP contribution in [-0.4, -0.2) is 15.1 Å². The fourth-order valence-electron chi connectivity index (χ4n) is 2.78. The van der Waals surface area contributed by atoms with Gasteiger partial charge in [-0.25, -0.2) is 4.98 Å². The zero-order valence-corrected chi connectivity index (χ0v) is 11.2. The molecular weight excluding hydrogens is 210 g/mol. The van der Waals surface area contributed by atoms with Crippen molar-refractivity contribution >= 4 is 0 Å². The molecule has 0 radical (unpaired) electrons. The third-order valence-corrected chi connectivity index (χ3v) is 4.05. The quantitative estimate of drug-likeness (QED) is 0.872. The second-order valence-electron chi connectivity index (χ2n) is 5.76. The summed E-state index contributed by atoms with van der Waals surface area (Å²) in [6, 6.07) is 0. The summed E-state index contributed by atoms with van der Waals surface area (Å²) < 4.78 is 2.26. The summed E-state index contributed by atoms with van der Waals surface area (Å²) in [7, 11) is 0. The molecule has 1 aliphatic rings. The lowest BCUT2D eigenvalue weighted by molar-refractivity contribution is 0.239. The first-order chi connectivity index (χ1) is 8.13. The van der Waals surface area contributed by atoms with E-state index in [1.807, 2.05) is 6.20 Å². The van der Waals surface area contributed by atoms with E-state index in [1.54, 1.807) is 0 Å². The van der Waals surface area contributed by atoms with Crippen LogP contribution in [0.2, 0.25) is 0 Å². The van der Waals surface area contributed by atoms with Gasteiger partial charge in [0.05, 0.1) is 0 Å². The first-order valence-electron chi connectivity index (χ1n) is 6.92. The molecule has 2 rings (SSSR count). The van der Waals surface area contributed by atoms with Crippen LogP contribution in [0.15, 0.2) is 12.4 Å². The lowest BCUT2D eigenvalue weighted by Gasteiger charge is -2.36. The van der Waals surface area contributed by atoms with E-state index in [-0.39, 0.29) is 5.54 Å². The highest BCUT2D eigenvalue weighted by Crippen LogP contribution is 2.32. The Balaban J connectivity index is 2.01. The lowest BCUT2D eigenvalue weighted by atomic mass is 9.76. The normalized spacial score (nSPS) is 29.5. The van der Waals surface area contributed by atoms with Gasteiger partial charge < -0.3 is 10.3 Å². The summed E-state index contributed by atoms with van der Waals surface area (Å²) in [5.74, 6) is 2.02. The first kappa shape index (κ1) is 12.6. The Morgan fingerprint density at radius 1 is 1.47 bits per heavy atom. The van der Waals surface area contributed by atoms with Gasteiger partial charge in [-0.3, -0.25) is 0 Å². The fraction of sp³-hybridized carbons (Fsp3) is 0.786. The van der Waals surface area contributed by atoms with Gasteiger partial charge in [0.2, 0.25) is 0 Å². The average molecular weight is 235 g/mol. The van der Waals surface area contributed by atoms with Gasteiger partial charge in [-0.2, -0.15) is 0 Å². The van der Waals surface area contributed by atoms with Crippen molar-refractivity contribution in [2.24, 2.45) is 11.7 Å². The van der Waals surface area contributed by atoms with E-state index in [0.717, 1.165) is 38.1 Å². The molecule has 3 nitrogen and oxygen atoms in total. The van der Waals surface area contributed by atoms with Crippen LogP contribution >= 0.6 is 0 Å². The van der Waals surface area contributed by atoms with Crippen molar-refractivity contribution in [2.45, 2.75) is 64.5 Å². The number of rotatable bonds is 4. The molecule has 3 heteroatoms. The molecule has 0 saturated heterocycles. The monoisotopic (exact) mass is 235 g/mol. The molecule has 1 fully saturated rings. The number of hydrogen-bond donors (Lipinski definition) is 1. The zero-order valence-electron chi connectivity index (χ0n) is 11.2. The molecule has 96 valence electrons. The van der Waals surface area contributed by atoms with Gasteiger partial charge in [-0.15, -0.1) is 0 Å². The molecule has 1 aromatic rings. The maximum Gasteiger partial charge on any atom is 0.110 e. The van der Waals surface area contributed by atoms with E-state index in [4.69, 9.17) is 5.73 Å². The predicted octanol–water partition coefficient (Wildman–Crippen LogP) is 2.74. The van der Waals surface area contributed by atoms with Crippen LogP contribution in [-0.2, 0) is 13.0 Å². The molecule has 0 bridgehead atoms. The molecule has 1 aliphatic carbocycles. The maximum atomic E-state index is 6.52. The van der Waals surface area contributed by atoms with Crippen LogP contribution in [0.4, 0.5) is 0 Å². The molecule has 1 saturated carbocycles. The van der Waals surface area contributed by atoms with Crippen molar-refractivity contribution in [3.8, 4) is 0 Å². The van der Waals surface area contributed by atoms with E-state index in [1.165, 1.54) is 18.7 Å². The van der Waals surface area contributed by atoms with Gasteiger partial charge in [0.15, 0.2) is 0 Å². The molecule has 0 amide bonds. The second-order valence-corrected chi connectivity index (χ2v) is 5.76. The Hall–Kier alpha value is -0.830. The highest BCUT2D eigenvalue weighted by atomic mass is 15.1. The van der Waals surface area contributed by atoms with Crippen LogP contribution < -0.4 is 5.73 Å². The Kier molecular flexibility index (Phi) is 3.87. The topological polar surface area (TPSA) is 43.8 Å². The van der Waals surface area contributed by atoms with Crippen molar-refractivity contribution in [3.63, 3.8) is 0 Å². The summed E-state index contributed by atoms with van der Waals surface area (Å²) in [4.78, 5) is 4.48. The predicted molar refractivity (Wildman–Crippen MR) is 70.8 cm³/mol. The van der Waals surface area contributed by atoms with Crippen LogP contribution in [0, 0.1) is 5.92 Å². The van der Waals surface area contributed by atoms with Crippen molar-refractivity contribution in [1.29, 1.82) is 0 Å². The molecule has 0 spiro atoms. The van der Waals surface area contributed by atoms with Crippen LogP contribution in [0.1, 0.15) is 51.8 Å². The van der Waals surface area contributed by atoms with Gasteiger partial charge in [0.1, 0.15) is 5.82 Å². The highest BCUT2D eigenvalue weighted by molar-refractivity contribution is 5.02. The third kappa shape index (κ3) is 3.09. The van der Waals surface area contributed by atoms with E-state index in [0.29, 0.717) is 0 Å². The number of nitrogens with zero attached hydrogens (tertiary/aromatic N) is 2. The zero-order chi connectivity index (χ0) is 12.3. The van der Waals surface area contributed by atoms with E-state index in [2.05, 4.69) is 29.6 Å². The number of aromatic nitrogens is 2. The Morgan fingerprint density at radius 2 is 2.18 bits per heavy atom. The SMILES string of the molecule is CCCn1ccnc1CC1(N)CCC(C)CC1. The Labute approximate surface area is 104 Å². The van der Waals surface area contributed by atoms with E-state index >= 15 is 0 Å². The fourth-order valence-corrected chi connectivity index (χ4v) is 2.78. The summed E-state index contributed by atoms with van der Waals surface area (Å²) in [6.45, 7) is 5.59. The second kappa shape index (κ2) is 5.21. The van der Waals surface area contributed by atoms with Crippen molar-refractivity contribution in [2.75, 3.05) is 0 Å². The maximum absolute atomic E-state index is 6.52. The number of hydrogen-bond acceptors (Lipinski definition) is 2. The molecule has 0 unspecified atom stereocenters. The summed E-state index contributed by atoms with van der Waals surface area (Å²) in [6.07, 6.45) is 10.9. The van der Waals surface area contributed by atoms with Gasteiger partial charge >= 0.3 is 0 Å². The standard InChI is InChI=1S/C14H25N3/c1-3-9-17-10-8-16-13(17)11-14(15)6-4-12(2)5-7-14/h8,10,12H,3-7,9,11,15H2,1-2H3. The summed E-state index contributed by atoms with van der Waals surface area (Å²) >= 11 is 0. The van der Waals surface area contributed by atoms with Crippen molar-refractivity contribution in [3.05, 3.63) is 18.2 Å². The molecule has 0 aliphatic heterocycles. The summed E-state index contributed by atoms with van der Waals surface area (Å²) in [5, 5.41) is 0. The average Bonchev–Trinajstić information content (AvgIpc) is 2.71.